The number of anilines is 1. The number of halogens is 1. The fraction of sp³-hybridized carbons (Fsp3) is 0.278. The van der Waals surface area contributed by atoms with Crippen LogP contribution in [-0.2, 0) is 14.9 Å². The standard InChI is InChI=1S/C18H19BrN2O3/c1-18(2,3)14-6-4-5-7-15(14)21-16(22)11-24-17(23)12-8-13(19)10-20-9-12/h4-10H,11H2,1-3H3,(H,21,22). The van der Waals surface area contributed by atoms with Crippen LogP contribution in [0.15, 0.2) is 47.2 Å². The third kappa shape index (κ3) is 4.89. The molecule has 1 aromatic heterocycles. The van der Waals surface area contributed by atoms with Crippen LogP contribution in [-0.4, -0.2) is 23.5 Å². The van der Waals surface area contributed by atoms with Crippen molar-refractivity contribution >= 4 is 33.5 Å². The second kappa shape index (κ2) is 7.57. The molecule has 0 aliphatic carbocycles. The fourth-order valence-electron chi connectivity index (χ4n) is 2.17. The molecule has 0 radical (unpaired) electrons. The Hall–Kier alpha value is -2.21. The minimum Gasteiger partial charge on any atom is -0.452 e. The van der Waals surface area contributed by atoms with Crippen LogP contribution in [0.4, 0.5) is 5.69 Å². The molecule has 0 aliphatic heterocycles. The highest BCUT2D eigenvalue weighted by molar-refractivity contribution is 9.10. The van der Waals surface area contributed by atoms with E-state index in [1.807, 2.05) is 24.3 Å². The first-order chi connectivity index (χ1) is 11.3. The number of rotatable bonds is 4. The van der Waals surface area contributed by atoms with Crippen LogP contribution >= 0.6 is 15.9 Å². The van der Waals surface area contributed by atoms with E-state index in [2.05, 4.69) is 47.0 Å². The smallest absolute Gasteiger partial charge is 0.340 e. The number of carbonyl (C=O) groups excluding carboxylic acids is 2. The maximum Gasteiger partial charge on any atom is 0.340 e. The number of carbonyl (C=O) groups is 2. The quantitative estimate of drug-likeness (QED) is 0.802. The van der Waals surface area contributed by atoms with Crippen LogP contribution < -0.4 is 5.32 Å². The zero-order valence-corrected chi connectivity index (χ0v) is 15.4. The summed E-state index contributed by atoms with van der Waals surface area (Å²) in [6.45, 7) is 5.85. The summed E-state index contributed by atoms with van der Waals surface area (Å²) in [5, 5.41) is 2.79. The van der Waals surface area contributed by atoms with Gasteiger partial charge in [-0.2, -0.15) is 0 Å². The second-order valence-corrected chi connectivity index (χ2v) is 7.23. The number of nitrogens with zero attached hydrogens (tertiary/aromatic N) is 1. The maximum absolute atomic E-state index is 12.1. The average molecular weight is 391 g/mol. The maximum atomic E-state index is 12.1. The lowest BCUT2D eigenvalue weighted by Crippen LogP contribution is -2.23. The first-order valence-electron chi connectivity index (χ1n) is 7.44. The molecule has 0 saturated heterocycles. The summed E-state index contributed by atoms with van der Waals surface area (Å²) in [5.41, 5.74) is 1.91. The van der Waals surface area contributed by atoms with Gasteiger partial charge in [0.25, 0.3) is 5.91 Å². The largest absolute Gasteiger partial charge is 0.452 e. The van der Waals surface area contributed by atoms with Crippen LogP contribution in [0.3, 0.4) is 0 Å². The van der Waals surface area contributed by atoms with Crippen molar-refractivity contribution in [2.45, 2.75) is 26.2 Å². The van der Waals surface area contributed by atoms with Crippen molar-refractivity contribution in [1.29, 1.82) is 0 Å². The molecule has 24 heavy (non-hydrogen) atoms. The summed E-state index contributed by atoms with van der Waals surface area (Å²) in [7, 11) is 0. The van der Waals surface area contributed by atoms with E-state index in [0.29, 0.717) is 4.47 Å². The number of ether oxygens (including phenoxy) is 1. The van der Waals surface area contributed by atoms with Gasteiger partial charge in [0, 0.05) is 22.6 Å². The minimum atomic E-state index is -0.594. The molecule has 0 unspecified atom stereocenters. The monoisotopic (exact) mass is 390 g/mol. The Balaban J connectivity index is 1.98. The zero-order chi connectivity index (χ0) is 17.7. The number of hydrogen-bond acceptors (Lipinski definition) is 4. The van der Waals surface area contributed by atoms with Crippen molar-refractivity contribution in [1.82, 2.24) is 4.98 Å². The average Bonchev–Trinajstić information content (AvgIpc) is 2.52. The number of esters is 1. The van der Waals surface area contributed by atoms with E-state index in [-0.39, 0.29) is 23.5 Å². The lowest BCUT2D eigenvalue weighted by atomic mass is 9.86. The van der Waals surface area contributed by atoms with Crippen molar-refractivity contribution in [2.75, 3.05) is 11.9 Å². The van der Waals surface area contributed by atoms with Crippen LogP contribution in [0.2, 0.25) is 0 Å². The second-order valence-electron chi connectivity index (χ2n) is 6.31. The molecule has 126 valence electrons. The van der Waals surface area contributed by atoms with E-state index in [4.69, 9.17) is 4.74 Å². The first kappa shape index (κ1) is 18.1. The Labute approximate surface area is 149 Å². The summed E-state index contributed by atoms with van der Waals surface area (Å²) in [5.74, 6) is -0.980. The summed E-state index contributed by atoms with van der Waals surface area (Å²) >= 11 is 3.23. The molecule has 1 amide bonds. The number of pyridine rings is 1. The molecule has 0 saturated carbocycles. The van der Waals surface area contributed by atoms with E-state index >= 15 is 0 Å². The molecule has 2 aromatic rings. The first-order valence-corrected chi connectivity index (χ1v) is 8.24. The van der Waals surface area contributed by atoms with Crippen molar-refractivity contribution in [3.63, 3.8) is 0 Å². The topological polar surface area (TPSA) is 68.3 Å². The molecule has 1 aromatic carbocycles. The van der Waals surface area contributed by atoms with Gasteiger partial charge in [-0.1, -0.05) is 39.0 Å². The molecular formula is C18H19BrN2O3. The van der Waals surface area contributed by atoms with E-state index < -0.39 is 5.97 Å². The lowest BCUT2D eigenvalue weighted by Gasteiger charge is -2.22. The molecule has 5 nitrogen and oxygen atoms in total. The van der Waals surface area contributed by atoms with Gasteiger partial charge < -0.3 is 10.1 Å². The Morgan fingerprint density at radius 3 is 2.58 bits per heavy atom. The van der Waals surface area contributed by atoms with Gasteiger partial charge in [-0.3, -0.25) is 9.78 Å². The lowest BCUT2D eigenvalue weighted by molar-refractivity contribution is -0.119. The van der Waals surface area contributed by atoms with E-state index in [0.717, 1.165) is 11.3 Å². The molecule has 2 rings (SSSR count). The predicted molar refractivity (Wildman–Crippen MR) is 96.0 cm³/mol. The van der Waals surface area contributed by atoms with Crippen molar-refractivity contribution in [3.8, 4) is 0 Å². The molecule has 0 bridgehead atoms. The number of nitrogens with one attached hydrogen (secondary N) is 1. The predicted octanol–water partition coefficient (Wildman–Crippen LogP) is 3.94. The zero-order valence-electron chi connectivity index (χ0n) is 13.8. The van der Waals surface area contributed by atoms with E-state index in [1.165, 1.54) is 6.20 Å². The Kier molecular flexibility index (Phi) is 5.72. The van der Waals surface area contributed by atoms with Gasteiger partial charge >= 0.3 is 5.97 Å². The normalized spacial score (nSPS) is 11.0. The van der Waals surface area contributed by atoms with E-state index in [9.17, 15) is 9.59 Å². The van der Waals surface area contributed by atoms with Crippen LogP contribution in [0.25, 0.3) is 0 Å². The Bertz CT molecular complexity index is 754. The van der Waals surface area contributed by atoms with Gasteiger partial charge in [0.05, 0.1) is 5.56 Å². The van der Waals surface area contributed by atoms with Gasteiger partial charge in [-0.15, -0.1) is 0 Å². The summed E-state index contributed by atoms with van der Waals surface area (Å²) in [6.07, 6.45) is 2.95. The molecule has 1 N–H and O–H groups in total. The van der Waals surface area contributed by atoms with Crippen LogP contribution in [0.5, 0.6) is 0 Å². The number of amides is 1. The molecule has 1 heterocycles. The molecule has 0 atom stereocenters. The van der Waals surface area contributed by atoms with Gasteiger partial charge in [0.15, 0.2) is 6.61 Å². The Morgan fingerprint density at radius 1 is 1.21 bits per heavy atom. The van der Waals surface area contributed by atoms with Crippen molar-refractivity contribution in [3.05, 3.63) is 58.3 Å². The highest BCUT2D eigenvalue weighted by Crippen LogP contribution is 2.29. The van der Waals surface area contributed by atoms with Crippen LogP contribution in [0, 0.1) is 0 Å². The summed E-state index contributed by atoms with van der Waals surface area (Å²) < 4.78 is 5.70. The third-order valence-corrected chi connectivity index (χ3v) is 3.72. The van der Waals surface area contributed by atoms with E-state index in [1.54, 1.807) is 12.3 Å². The summed E-state index contributed by atoms with van der Waals surface area (Å²) in [4.78, 5) is 27.9. The minimum absolute atomic E-state index is 0.109. The molecule has 0 aliphatic rings. The number of hydrogen-bond donors (Lipinski definition) is 1. The Morgan fingerprint density at radius 2 is 1.92 bits per heavy atom. The molecule has 0 spiro atoms. The van der Waals surface area contributed by atoms with Crippen molar-refractivity contribution in [2.24, 2.45) is 0 Å². The molecule has 0 fully saturated rings. The highest BCUT2D eigenvalue weighted by Gasteiger charge is 2.19. The van der Waals surface area contributed by atoms with Gasteiger partial charge in [0.2, 0.25) is 0 Å². The number of benzene rings is 1. The third-order valence-electron chi connectivity index (χ3n) is 3.28. The number of aromatic nitrogens is 1. The molecule has 6 heteroatoms. The highest BCUT2D eigenvalue weighted by atomic mass is 79.9. The number of para-hydroxylation sites is 1. The summed E-state index contributed by atoms with van der Waals surface area (Å²) in [6, 6.07) is 9.16. The van der Waals surface area contributed by atoms with Gasteiger partial charge in [-0.25, -0.2) is 4.79 Å². The van der Waals surface area contributed by atoms with Gasteiger partial charge in [-0.05, 0) is 39.0 Å². The molecular weight excluding hydrogens is 372 g/mol. The fourth-order valence-corrected chi connectivity index (χ4v) is 2.54. The SMILES string of the molecule is CC(C)(C)c1ccccc1NC(=O)COC(=O)c1cncc(Br)c1. The van der Waals surface area contributed by atoms with Gasteiger partial charge in [0.1, 0.15) is 0 Å². The van der Waals surface area contributed by atoms with Crippen LogP contribution in [0.1, 0.15) is 36.7 Å². The van der Waals surface area contributed by atoms with Crippen molar-refractivity contribution < 1.29 is 14.3 Å².